The fourth-order valence-corrected chi connectivity index (χ4v) is 3.49. The second kappa shape index (κ2) is 3.34. The van der Waals surface area contributed by atoms with Crippen LogP contribution in [0.2, 0.25) is 0 Å². The van der Waals surface area contributed by atoms with E-state index >= 15 is 0 Å². The van der Waals surface area contributed by atoms with Crippen LogP contribution in [-0.2, 0) is 11.2 Å². The lowest BCUT2D eigenvalue weighted by molar-refractivity contribution is -0.132. The number of carbonyl (C=O) groups is 1. The summed E-state index contributed by atoms with van der Waals surface area (Å²) in [5.74, 6) is 1.02. The van der Waals surface area contributed by atoms with Crippen LogP contribution < -0.4 is 0 Å². The van der Waals surface area contributed by atoms with Gasteiger partial charge in [-0.3, -0.25) is 4.79 Å². The van der Waals surface area contributed by atoms with Gasteiger partial charge in [0, 0.05) is 19.0 Å². The van der Waals surface area contributed by atoms with Gasteiger partial charge in [-0.05, 0) is 30.7 Å². The Labute approximate surface area is 96.3 Å². The van der Waals surface area contributed by atoms with Crippen LogP contribution in [0.4, 0.5) is 0 Å². The fraction of sp³-hybridized carbons (Fsp3) is 0.500. The van der Waals surface area contributed by atoms with Gasteiger partial charge in [-0.2, -0.15) is 0 Å². The number of hydrogen-bond donors (Lipinski definition) is 0. The quantitative estimate of drug-likeness (QED) is 0.741. The van der Waals surface area contributed by atoms with Crippen molar-refractivity contribution in [2.24, 2.45) is 5.92 Å². The zero-order valence-corrected chi connectivity index (χ0v) is 9.65. The molecule has 3 fully saturated rings. The molecule has 1 aromatic rings. The normalized spacial score (nSPS) is 31.3. The molecule has 1 amide bonds. The first-order valence-corrected chi connectivity index (χ1v) is 6.02. The third-order valence-corrected chi connectivity index (χ3v) is 4.11. The van der Waals surface area contributed by atoms with E-state index in [2.05, 4.69) is 29.2 Å². The minimum absolute atomic E-state index is 0.165. The first-order chi connectivity index (χ1) is 7.70. The molecule has 2 bridgehead atoms. The zero-order chi connectivity index (χ0) is 11.2. The number of amides is 1. The van der Waals surface area contributed by atoms with Gasteiger partial charge in [0.05, 0.1) is 0 Å². The van der Waals surface area contributed by atoms with Crippen LogP contribution in [-0.4, -0.2) is 22.9 Å². The number of carbonyl (C=O) groups excluding carboxylic acids is 1. The van der Waals surface area contributed by atoms with Gasteiger partial charge >= 0.3 is 0 Å². The standard InChI is InChI=1S/C14H17NO/c1-11(16)15-10-13-8-14(15,9-13)7-12-5-3-2-4-6-12/h2-6,13H,7-10H2,1H3. The highest BCUT2D eigenvalue weighted by Crippen LogP contribution is 2.52. The van der Waals surface area contributed by atoms with Crippen LogP contribution in [0.15, 0.2) is 30.3 Å². The number of rotatable bonds is 2. The number of fused-ring (bicyclic) bond motifs is 1. The molecule has 0 radical (unpaired) electrons. The van der Waals surface area contributed by atoms with Crippen molar-refractivity contribution in [1.29, 1.82) is 0 Å². The largest absolute Gasteiger partial charge is 0.337 e. The van der Waals surface area contributed by atoms with Gasteiger partial charge in [0.2, 0.25) is 5.91 Å². The summed E-state index contributed by atoms with van der Waals surface area (Å²) in [6.07, 6.45) is 3.45. The molecule has 84 valence electrons. The highest BCUT2D eigenvalue weighted by Gasteiger charge is 2.56. The van der Waals surface area contributed by atoms with Gasteiger partial charge < -0.3 is 4.90 Å². The molecule has 2 aliphatic heterocycles. The number of nitrogens with zero attached hydrogens (tertiary/aromatic N) is 1. The second-order valence-corrected chi connectivity index (χ2v) is 5.29. The number of benzene rings is 1. The molecule has 2 heterocycles. The number of hydrogen-bond acceptors (Lipinski definition) is 1. The molecular formula is C14H17NO. The summed E-state index contributed by atoms with van der Waals surface area (Å²) in [5.41, 5.74) is 1.52. The first kappa shape index (κ1) is 9.88. The molecule has 2 heteroatoms. The molecule has 0 aromatic heterocycles. The van der Waals surface area contributed by atoms with Crippen LogP contribution in [0, 0.1) is 5.92 Å². The van der Waals surface area contributed by atoms with Crippen molar-refractivity contribution in [2.75, 3.05) is 6.54 Å². The minimum atomic E-state index is 0.165. The maximum absolute atomic E-state index is 11.6. The van der Waals surface area contributed by atoms with Crippen molar-refractivity contribution in [3.05, 3.63) is 35.9 Å². The molecular weight excluding hydrogens is 198 g/mol. The lowest BCUT2D eigenvalue weighted by Gasteiger charge is -2.42. The van der Waals surface area contributed by atoms with E-state index in [9.17, 15) is 4.79 Å². The Morgan fingerprint density at radius 2 is 2.06 bits per heavy atom. The average molecular weight is 215 g/mol. The summed E-state index contributed by atoms with van der Waals surface area (Å²) in [5, 5.41) is 0. The van der Waals surface area contributed by atoms with E-state index in [-0.39, 0.29) is 11.4 Å². The third kappa shape index (κ3) is 1.36. The maximum Gasteiger partial charge on any atom is 0.219 e. The van der Waals surface area contributed by atoms with Crippen molar-refractivity contribution in [3.63, 3.8) is 0 Å². The molecule has 1 aromatic carbocycles. The monoisotopic (exact) mass is 215 g/mol. The summed E-state index contributed by atoms with van der Waals surface area (Å²) >= 11 is 0. The second-order valence-electron chi connectivity index (χ2n) is 5.29. The van der Waals surface area contributed by atoms with E-state index in [1.54, 1.807) is 6.92 Å². The Balaban J connectivity index is 1.82. The minimum Gasteiger partial charge on any atom is -0.337 e. The Morgan fingerprint density at radius 3 is 2.69 bits per heavy atom. The van der Waals surface area contributed by atoms with Crippen LogP contribution in [0.5, 0.6) is 0 Å². The highest BCUT2D eigenvalue weighted by molar-refractivity contribution is 5.75. The van der Waals surface area contributed by atoms with E-state index in [4.69, 9.17) is 0 Å². The van der Waals surface area contributed by atoms with Gasteiger partial charge in [-0.15, -0.1) is 0 Å². The molecule has 0 N–H and O–H groups in total. The van der Waals surface area contributed by atoms with Gasteiger partial charge in [-0.1, -0.05) is 30.3 Å². The molecule has 1 aliphatic carbocycles. The summed E-state index contributed by atoms with van der Waals surface area (Å²) in [6, 6.07) is 10.5. The molecule has 0 spiro atoms. The summed E-state index contributed by atoms with van der Waals surface area (Å²) in [6.45, 7) is 2.69. The van der Waals surface area contributed by atoms with Crippen molar-refractivity contribution in [3.8, 4) is 0 Å². The molecule has 4 rings (SSSR count). The third-order valence-electron chi connectivity index (χ3n) is 4.11. The van der Waals surface area contributed by atoms with Gasteiger partial charge in [0.15, 0.2) is 0 Å². The molecule has 0 atom stereocenters. The molecule has 0 unspecified atom stereocenters. The fourth-order valence-electron chi connectivity index (χ4n) is 3.49. The molecule has 2 nitrogen and oxygen atoms in total. The van der Waals surface area contributed by atoms with Crippen LogP contribution in [0.1, 0.15) is 25.3 Å². The molecule has 3 aliphatic rings. The Hall–Kier alpha value is -1.31. The molecule has 2 saturated heterocycles. The predicted molar refractivity (Wildman–Crippen MR) is 63.0 cm³/mol. The van der Waals surface area contributed by atoms with Crippen LogP contribution >= 0.6 is 0 Å². The topological polar surface area (TPSA) is 20.3 Å². The summed E-state index contributed by atoms with van der Waals surface area (Å²) in [7, 11) is 0. The molecule has 16 heavy (non-hydrogen) atoms. The predicted octanol–water partition coefficient (Wildman–Crippen LogP) is 2.24. The van der Waals surface area contributed by atoms with Crippen molar-refractivity contribution >= 4 is 5.91 Å². The van der Waals surface area contributed by atoms with E-state index in [1.807, 2.05) is 6.07 Å². The maximum atomic E-state index is 11.6. The van der Waals surface area contributed by atoms with E-state index in [0.717, 1.165) is 18.9 Å². The average Bonchev–Trinajstić information content (AvgIpc) is 2.73. The van der Waals surface area contributed by atoms with Gasteiger partial charge in [0.1, 0.15) is 0 Å². The van der Waals surface area contributed by atoms with Gasteiger partial charge in [-0.25, -0.2) is 0 Å². The zero-order valence-electron chi connectivity index (χ0n) is 9.65. The lowest BCUT2D eigenvalue weighted by atomic mass is 9.70. The van der Waals surface area contributed by atoms with Crippen molar-refractivity contribution in [2.45, 2.75) is 31.7 Å². The van der Waals surface area contributed by atoms with E-state index in [0.29, 0.717) is 0 Å². The van der Waals surface area contributed by atoms with Crippen LogP contribution in [0.25, 0.3) is 0 Å². The Morgan fingerprint density at radius 1 is 1.38 bits per heavy atom. The van der Waals surface area contributed by atoms with Crippen molar-refractivity contribution in [1.82, 2.24) is 4.90 Å². The highest BCUT2D eigenvalue weighted by atomic mass is 16.2. The molecule has 1 saturated carbocycles. The van der Waals surface area contributed by atoms with E-state index < -0.39 is 0 Å². The first-order valence-electron chi connectivity index (χ1n) is 6.02. The Kier molecular flexibility index (Phi) is 2.06. The summed E-state index contributed by atoms with van der Waals surface area (Å²) in [4.78, 5) is 13.7. The summed E-state index contributed by atoms with van der Waals surface area (Å²) < 4.78 is 0. The smallest absolute Gasteiger partial charge is 0.219 e. The Bertz CT molecular complexity index is 406. The van der Waals surface area contributed by atoms with Gasteiger partial charge in [0.25, 0.3) is 0 Å². The van der Waals surface area contributed by atoms with Crippen molar-refractivity contribution < 1.29 is 4.79 Å². The van der Waals surface area contributed by atoms with Crippen LogP contribution in [0.3, 0.4) is 0 Å². The SMILES string of the molecule is CC(=O)N1CC2CC1(Cc1ccccc1)C2. The van der Waals surface area contributed by atoms with E-state index in [1.165, 1.54) is 18.4 Å². The lowest BCUT2D eigenvalue weighted by Crippen LogP contribution is -2.49.